The Morgan fingerprint density at radius 1 is 1.05 bits per heavy atom. The molecule has 0 aliphatic heterocycles. The predicted octanol–water partition coefficient (Wildman–Crippen LogP) is 3.52. The van der Waals surface area contributed by atoms with Gasteiger partial charge in [0.15, 0.2) is 17.4 Å². The Hall–Kier alpha value is -2.76. The Morgan fingerprint density at radius 2 is 1.82 bits per heavy atom. The lowest BCUT2D eigenvalue weighted by Gasteiger charge is -2.09. The Bertz CT molecular complexity index is 829. The fraction of sp³-hybridized carbons (Fsp3) is 0.188. The highest BCUT2D eigenvalue weighted by atomic mass is 19.1. The first-order valence-corrected chi connectivity index (χ1v) is 6.84. The predicted molar refractivity (Wildman–Crippen MR) is 79.8 cm³/mol. The van der Waals surface area contributed by atoms with Crippen LogP contribution in [-0.4, -0.2) is 19.7 Å². The summed E-state index contributed by atoms with van der Waals surface area (Å²) < 4.78 is 20.9. The van der Waals surface area contributed by atoms with Crippen LogP contribution in [0.4, 0.5) is 4.39 Å². The van der Waals surface area contributed by atoms with Gasteiger partial charge < -0.3 is 4.74 Å². The minimum absolute atomic E-state index is 0.125. The minimum Gasteiger partial charge on any atom is -0.436 e. The molecule has 22 heavy (non-hydrogen) atoms. The van der Waals surface area contributed by atoms with E-state index in [1.54, 1.807) is 35.9 Å². The Kier molecular flexibility index (Phi) is 3.58. The van der Waals surface area contributed by atoms with Gasteiger partial charge in [0.1, 0.15) is 5.82 Å². The van der Waals surface area contributed by atoms with Crippen LogP contribution in [0.3, 0.4) is 0 Å². The second-order valence-electron chi connectivity index (χ2n) is 4.98. The molecule has 0 radical (unpaired) electrons. The van der Waals surface area contributed by atoms with E-state index in [1.807, 2.05) is 19.9 Å². The summed E-state index contributed by atoms with van der Waals surface area (Å²) in [7, 11) is 0. The number of hydrogen-bond donors (Lipinski definition) is 0. The molecule has 0 saturated carbocycles. The highest BCUT2D eigenvalue weighted by Crippen LogP contribution is 2.24. The average Bonchev–Trinajstić information content (AvgIpc) is 2.80. The van der Waals surface area contributed by atoms with Gasteiger partial charge in [0, 0.05) is 11.8 Å². The topological polar surface area (TPSA) is 52.8 Å². The number of halogens is 1. The molecule has 0 aliphatic carbocycles. The van der Waals surface area contributed by atoms with Crippen LogP contribution >= 0.6 is 0 Å². The zero-order valence-corrected chi connectivity index (χ0v) is 12.5. The first-order chi connectivity index (χ1) is 10.5. The Morgan fingerprint density at radius 3 is 2.50 bits per heavy atom. The molecule has 1 aromatic carbocycles. The molecule has 0 bridgehead atoms. The van der Waals surface area contributed by atoms with Crippen molar-refractivity contribution in [2.45, 2.75) is 20.8 Å². The molecular weight excluding hydrogens is 283 g/mol. The fourth-order valence-corrected chi connectivity index (χ4v) is 2.19. The number of hydrogen-bond acceptors (Lipinski definition) is 4. The Balaban J connectivity index is 2.00. The second kappa shape index (κ2) is 5.55. The average molecular weight is 298 g/mol. The summed E-state index contributed by atoms with van der Waals surface area (Å²) in [6, 6.07) is 9.79. The molecule has 0 aliphatic rings. The van der Waals surface area contributed by atoms with E-state index >= 15 is 0 Å². The third-order valence-corrected chi connectivity index (χ3v) is 3.08. The van der Waals surface area contributed by atoms with Gasteiger partial charge in [-0.15, -0.1) is 0 Å². The van der Waals surface area contributed by atoms with E-state index in [9.17, 15) is 4.39 Å². The van der Waals surface area contributed by atoms with Gasteiger partial charge >= 0.3 is 0 Å². The van der Waals surface area contributed by atoms with E-state index in [0.717, 1.165) is 11.4 Å². The summed E-state index contributed by atoms with van der Waals surface area (Å²) in [6.45, 7) is 5.60. The summed E-state index contributed by atoms with van der Waals surface area (Å²) in [5.74, 6) is 1.08. The maximum atomic E-state index is 13.7. The van der Waals surface area contributed by atoms with Crippen molar-refractivity contribution in [2.24, 2.45) is 0 Å². The molecule has 112 valence electrons. The highest BCUT2D eigenvalue weighted by molar-refractivity contribution is 5.34. The smallest absolute Gasteiger partial charge is 0.224 e. The quantitative estimate of drug-likeness (QED) is 0.742. The SMILES string of the molecule is Cc1cc(C)n(-c2cc(Oc3ccccc3F)nc(C)n2)n1. The van der Waals surface area contributed by atoms with Crippen LogP contribution in [0.5, 0.6) is 11.6 Å². The molecule has 2 aromatic heterocycles. The van der Waals surface area contributed by atoms with Gasteiger partial charge in [-0.25, -0.2) is 14.1 Å². The number of benzene rings is 1. The van der Waals surface area contributed by atoms with Crippen molar-refractivity contribution >= 4 is 0 Å². The second-order valence-corrected chi connectivity index (χ2v) is 4.98. The van der Waals surface area contributed by atoms with Crippen molar-refractivity contribution in [1.82, 2.24) is 19.7 Å². The van der Waals surface area contributed by atoms with Gasteiger partial charge in [-0.05, 0) is 39.0 Å². The number of nitrogens with zero attached hydrogens (tertiary/aromatic N) is 4. The maximum absolute atomic E-state index is 13.7. The number of ether oxygens (including phenoxy) is 1. The Labute approximate surface area is 127 Å². The van der Waals surface area contributed by atoms with Crippen LogP contribution < -0.4 is 4.74 Å². The van der Waals surface area contributed by atoms with Crippen molar-refractivity contribution in [2.75, 3.05) is 0 Å². The van der Waals surface area contributed by atoms with Gasteiger partial charge in [0.25, 0.3) is 0 Å². The largest absolute Gasteiger partial charge is 0.436 e. The molecular formula is C16H15FN4O. The van der Waals surface area contributed by atoms with Crippen LogP contribution in [0, 0.1) is 26.6 Å². The summed E-state index contributed by atoms with van der Waals surface area (Å²) in [4.78, 5) is 8.55. The van der Waals surface area contributed by atoms with Crippen LogP contribution in [0.15, 0.2) is 36.4 Å². The molecule has 0 unspecified atom stereocenters. The van der Waals surface area contributed by atoms with E-state index in [1.165, 1.54) is 6.07 Å². The number of rotatable bonds is 3. The molecule has 0 N–H and O–H groups in total. The molecule has 0 amide bonds. The maximum Gasteiger partial charge on any atom is 0.224 e. The van der Waals surface area contributed by atoms with Gasteiger partial charge in [-0.2, -0.15) is 10.1 Å². The molecule has 5 nitrogen and oxygen atoms in total. The molecule has 0 spiro atoms. The van der Waals surface area contributed by atoms with Crippen molar-refractivity contribution in [3.05, 3.63) is 59.4 Å². The lowest BCUT2D eigenvalue weighted by atomic mass is 10.3. The van der Waals surface area contributed by atoms with E-state index < -0.39 is 5.82 Å². The van der Waals surface area contributed by atoms with E-state index in [-0.39, 0.29) is 11.6 Å². The third kappa shape index (κ3) is 2.81. The number of aryl methyl sites for hydroxylation is 3. The van der Waals surface area contributed by atoms with E-state index in [0.29, 0.717) is 11.6 Å². The molecule has 6 heteroatoms. The molecule has 2 heterocycles. The fourth-order valence-electron chi connectivity index (χ4n) is 2.19. The van der Waals surface area contributed by atoms with Crippen LogP contribution in [0.1, 0.15) is 17.2 Å². The van der Waals surface area contributed by atoms with Gasteiger partial charge in [-0.3, -0.25) is 0 Å². The molecule has 0 fully saturated rings. The summed E-state index contributed by atoms with van der Waals surface area (Å²) in [5.41, 5.74) is 1.85. The first kappa shape index (κ1) is 14.2. The summed E-state index contributed by atoms with van der Waals surface area (Å²) >= 11 is 0. The van der Waals surface area contributed by atoms with Crippen molar-refractivity contribution in [3.63, 3.8) is 0 Å². The normalized spacial score (nSPS) is 10.7. The molecule has 0 atom stereocenters. The monoisotopic (exact) mass is 298 g/mol. The van der Waals surface area contributed by atoms with Gasteiger partial charge in [0.05, 0.1) is 5.69 Å². The zero-order valence-electron chi connectivity index (χ0n) is 12.5. The van der Waals surface area contributed by atoms with Crippen LogP contribution in [-0.2, 0) is 0 Å². The van der Waals surface area contributed by atoms with E-state index in [4.69, 9.17) is 4.74 Å². The van der Waals surface area contributed by atoms with Crippen LogP contribution in [0.25, 0.3) is 5.82 Å². The highest BCUT2D eigenvalue weighted by Gasteiger charge is 2.11. The lowest BCUT2D eigenvalue weighted by Crippen LogP contribution is -2.05. The van der Waals surface area contributed by atoms with E-state index in [2.05, 4.69) is 15.1 Å². The summed E-state index contributed by atoms with van der Waals surface area (Å²) in [6.07, 6.45) is 0. The molecule has 3 aromatic rings. The van der Waals surface area contributed by atoms with Gasteiger partial charge in [-0.1, -0.05) is 12.1 Å². The number of para-hydroxylation sites is 1. The molecule has 0 saturated heterocycles. The van der Waals surface area contributed by atoms with Gasteiger partial charge in [0.2, 0.25) is 5.88 Å². The third-order valence-electron chi connectivity index (χ3n) is 3.08. The summed E-state index contributed by atoms with van der Waals surface area (Å²) in [5, 5.41) is 4.38. The van der Waals surface area contributed by atoms with Crippen molar-refractivity contribution in [3.8, 4) is 17.4 Å². The standard InChI is InChI=1S/C16H15FN4O/c1-10-8-11(2)21(20-10)15-9-16(19-12(3)18-15)22-14-7-5-4-6-13(14)17/h4-9H,1-3H3. The minimum atomic E-state index is -0.438. The van der Waals surface area contributed by atoms with Crippen molar-refractivity contribution < 1.29 is 9.13 Å². The van der Waals surface area contributed by atoms with Crippen molar-refractivity contribution in [1.29, 1.82) is 0 Å². The molecule has 3 rings (SSSR count). The zero-order chi connectivity index (χ0) is 15.7. The lowest BCUT2D eigenvalue weighted by molar-refractivity contribution is 0.424. The first-order valence-electron chi connectivity index (χ1n) is 6.84. The number of aromatic nitrogens is 4. The van der Waals surface area contributed by atoms with Crippen LogP contribution in [0.2, 0.25) is 0 Å².